The lowest BCUT2D eigenvalue weighted by atomic mass is 9.91. The van der Waals surface area contributed by atoms with Crippen LogP contribution >= 0.6 is 11.8 Å². The number of nitrogens with one attached hydrogen (secondary N) is 2. The number of nitrogens with zero attached hydrogens (tertiary/aromatic N) is 2. The second-order valence-corrected chi connectivity index (χ2v) is 11.0. The summed E-state index contributed by atoms with van der Waals surface area (Å²) < 4.78 is 13.2. The van der Waals surface area contributed by atoms with Gasteiger partial charge in [-0.15, -0.1) is 0 Å². The Hall–Kier alpha value is -4.17. The molecule has 1 atom stereocenters. The predicted molar refractivity (Wildman–Crippen MR) is 159 cm³/mol. The van der Waals surface area contributed by atoms with Gasteiger partial charge in [0, 0.05) is 17.9 Å². The number of anilines is 1. The van der Waals surface area contributed by atoms with Crippen molar-refractivity contribution in [2.45, 2.75) is 45.7 Å². The van der Waals surface area contributed by atoms with Crippen molar-refractivity contribution in [1.82, 2.24) is 10.2 Å². The Labute approximate surface area is 238 Å². The van der Waals surface area contributed by atoms with Crippen LogP contribution in [0.5, 0.6) is 0 Å². The zero-order valence-corrected chi connectivity index (χ0v) is 23.5. The summed E-state index contributed by atoms with van der Waals surface area (Å²) in [5.74, 6) is -0.351. The number of fused-ring (bicyclic) bond motifs is 1. The number of carbonyl (C=O) groups is 2. The molecule has 1 unspecified atom stereocenters. The molecule has 0 aliphatic carbocycles. The predicted octanol–water partition coefficient (Wildman–Crippen LogP) is 6.87. The number of amidine groups is 1. The van der Waals surface area contributed by atoms with Crippen molar-refractivity contribution in [2.75, 3.05) is 5.32 Å². The lowest BCUT2D eigenvalue weighted by molar-refractivity contribution is -0.120. The normalized spacial score (nSPS) is 16.4. The van der Waals surface area contributed by atoms with E-state index in [0.29, 0.717) is 29.4 Å². The molecule has 0 spiro atoms. The van der Waals surface area contributed by atoms with Crippen molar-refractivity contribution in [3.05, 3.63) is 124 Å². The Morgan fingerprint density at radius 3 is 2.38 bits per heavy atom. The number of thioether (sulfide) groups is 1. The molecule has 0 aromatic heterocycles. The van der Waals surface area contributed by atoms with Crippen molar-refractivity contribution in [1.29, 1.82) is 0 Å². The van der Waals surface area contributed by atoms with Gasteiger partial charge >= 0.3 is 0 Å². The van der Waals surface area contributed by atoms with Crippen LogP contribution in [0.2, 0.25) is 0 Å². The smallest absolute Gasteiger partial charge is 0.255 e. The van der Waals surface area contributed by atoms with Crippen LogP contribution in [0.4, 0.5) is 10.1 Å². The van der Waals surface area contributed by atoms with Gasteiger partial charge in [-0.25, -0.2) is 9.38 Å². The first-order chi connectivity index (χ1) is 19.3. The molecule has 2 aliphatic heterocycles. The Balaban J connectivity index is 1.43. The number of carbonyl (C=O) groups excluding carboxylic acids is 2. The molecule has 3 aromatic rings. The minimum atomic E-state index is -0.455. The van der Waals surface area contributed by atoms with Crippen molar-refractivity contribution in [3.8, 4) is 0 Å². The standard InChI is InChI=1S/C32H31FN4O2S/c1-20(2)23-11-13-24(14-12-23)30-29(31(39)36-26-7-5-4-6-8-26)21(3)35-32-37(30)27(19-40-32)17-28(38)34-18-22-9-15-25(33)16-10-22/h4-16,19-20,30H,17-18H2,1-3H3,(H,34,38)(H,36,39). The van der Waals surface area contributed by atoms with Gasteiger partial charge in [0.1, 0.15) is 5.82 Å². The number of amides is 2. The molecular weight excluding hydrogens is 523 g/mol. The Morgan fingerprint density at radius 2 is 1.70 bits per heavy atom. The fourth-order valence-corrected chi connectivity index (χ4v) is 5.75. The quantitative estimate of drug-likeness (QED) is 0.319. The van der Waals surface area contributed by atoms with Gasteiger partial charge < -0.3 is 15.5 Å². The largest absolute Gasteiger partial charge is 0.352 e. The number of benzene rings is 3. The van der Waals surface area contributed by atoms with E-state index < -0.39 is 6.04 Å². The molecule has 5 rings (SSSR count). The number of halogens is 1. The van der Waals surface area contributed by atoms with E-state index in [2.05, 4.69) is 48.7 Å². The van der Waals surface area contributed by atoms with Crippen molar-refractivity contribution < 1.29 is 14.0 Å². The van der Waals surface area contributed by atoms with Crippen LogP contribution in [0.15, 0.2) is 106 Å². The summed E-state index contributed by atoms with van der Waals surface area (Å²) in [6.07, 6.45) is 0.112. The molecule has 204 valence electrons. The van der Waals surface area contributed by atoms with Crippen molar-refractivity contribution in [3.63, 3.8) is 0 Å². The Morgan fingerprint density at radius 1 is 1.00 bits per heavy atom. The lowest BCUT2D eigenvalue weighted by Gasteiger charge is -2.36. The van der Waals surface area contributed by atoms with Crippen LogP contribution in [-0.4, -0.2) is 21.9 Å². The highest BCUT2D eigenvalue weighted by Gasteiger charge is 2.40. The third kappa shape index (κ3) is 6.02. The van der Waals surface area contributed by atoms with Gasteiger partial charge in [0.05, 0.1) is 23.7 Å². The maximum absolute atomic E-state index is 13.7. The molecule has 0 radical (unpaired) electrons. The van der Waals surface area contributed by atoms with Gasteiger partial charge in [-0.1, -0.05) is 80.2 Å². The van der Waals surface area contributed by atoms with Gasteiger partial charge in [-0.2, -0.15) is 0 Å². The van der Waals surface area contributed by atoms with E-state index in [1.54, 1.807) is 12.1 Å². The first-order valence-corrected chi connectivity index (χ1v) is 14.1. The zero-order chi connectivity index (χ0) is 28.2. The summed E-state index contributed by atoms with van der Waals surface area (Å²) in [5.41, 5.74) is 5.58. The van der Waals surface area contributed by atoms with Crippen molar-refractivity contribution in [2.24, 2.45) is 4.99 Å². The fourth-order valence-electron chi connectivity index (χ4n) is 4.79. The second-order valence-electron chi connectivity index (χ2n) is 10.1. The van der Waals surface area contributed by atoms with E-state index in [4.69, 9.17) is 4.99 Å². The average molecular weight is 555 g/mol. The summed E-state index contributed by atoms with van der Waals surface area (Å²) >= 11 is 1.45. The molecular formula is C32H31FN4O2S. The highest BCUT2D eigenvalue weighted by Crippen LogP contribution is 2.45. The molecule has 2 amide bonds. The maximum atomic E-state index is 13.7. The Kier molecular flexibility index (Phi) is 8.16. The maximum Gasteiger partial charge on any atom is 0.255 e. The molecule has 2 heterocycles. The van der Waals surface area contributed by atoms with Gasteiger partial charge in [0.15, 0.2) is 5.17 Å². The number of para-hydroxylation sites is 1. The average Bonchev–Trinajstić information content (AvgIpc) is 3.34. The van der Waals surface area contributed by atoms with Crippen LogP contribution < -0.4 is 10.6 Å². The Bertz CT molecular complexity index is 1500. The topological polar surface area (TPSA) is 73.8 Å². The number of hydrogen-bond donors (Lipinski definition) is 2. The van der Waals surface area contributed by atoms with E-state index in [0.717, 1.165) is 22.0 Å². The monoisotopic (exact) mass is 554 g/mol. The van der Waals surface area contributed by atoms with Crippen LogP contribution in [0.1, 0.15) is 55.8 Å². The van der Waals surface area contributed by atoms with Gasteiger partial charge in [-0.3, -0.25) is 9.59 Å². The zero-order valence-electron chi connectivity index (χ0n) is 22.6. The third-order valence-electron chi connectivity index (χ3n) is 6.94. The fraction of sp³-hybridized carbons (Fsp3) is 0.219. The van der Waals surface area contributed by atoms with E-state index in [9.17, 15) is 14.0 Å². The van der Waals surface area contributed by atoms with Crippen LogP contribution in [-0.2, 0) is 16.1 Å². The number of aliphatic imine (C=N–C) groups is 1. The summed E-state index contributed by atoms with van der Waals surface area (Å²) in [6.45, 7) is 6.44. The first kappa shape index (κ1) is 27.4. The minimum Gasteiger partial charge on any atom is -0.352 e. The number of rotatable bonds is 8. The van der Waals surface area contributed by atoms with Crippen LogP contribution in [0.3, 0.4) is 0 Å². The molecule has 2 aliphatic rings. The summed E-state index contributed by atoms with van der Waals surface area (Å²) in [7, 11) is 0. The number of hydrogen-bond acceptors (Lipinski definition) is 5. The molecule has 3 aromatic carbocycles. The second kappa shape index (κ2) is 11.9. The molecule has 2 N–H and O–H groups in total. The molecule has 0 saturated heterocycles. The molecule has 6 nitrogen and oxygen atoms in total. The van der Waals surface area contributed by atoms with Crippen molar-refractivity contribution >= 4 is 34.4 Å². The molecule has 0 bridgehead atoms. The first-order valence-electron chi connectivity index (χ1n) is 13.2. The van der Waals surface area contributed by atoms with E-state index in [-0.39, 0.29) is 24.1 Å². The summed E-state index contributed by atoms with van der Waals surface area (Å²) in [6, 6.07) is 23.2. The highest BCUT2D eigenvalue weighted by molar-refractivity contribution is 8.16. The third-order valence-corrected chi connectivity index (χ3v) is 7.83. The van der Waals surface area contributed by atoms with Crippen LogP contribution in [0.25, 0.3) is 0 Å². The lowest BCUT2D eigenvalue weighted by Crippen LogP contribution is -2.38. The highest BCUT2D eigenvalue weighted by atomic mass is 32.2. The van der Waals surface area contributed by atoms with Gasteiger partial charge in [-0.05, 0) is 59.2 Å². The molecule has 40 heavy (non-hydrogen) atoms. The minimum absolute atomic E-state index is 0.112. The SMILES string of the molecule is CC1=C(C(=O)Nc2ccccc2)C(c2ccc(C(C)C)cc2)N2C(CC(=O)NCc3ccc(F)cc3)=CSC2=N1. The van der Waals surface area contributed by atoms with Gasteiger partial charge in [0.25, 0.3) is 5.91 Å². The van der Waals surface area contributed by atoms with E-state index in [1.807, 2.05) is 47.6 Å². The molecule has 0 saturated carbocycles. The molecule has 0 fully saturated rings. The molecule has 8 heteroatoms. The summed E-state index contributed by atoms with van der Waals surface area (Å²) in [4.78, 5) is 33.5. The number of allylic oxidation sites excluding steroid dienone is 1. The van der Waals surface area contributed by atoms with E-state index in [1.165, 1.54) is 29.5 Å². The van der Waals surface area contributed by atoms with Gasteiger partial charge in [0.2, 0.25) is 5.91 Å². The van der Waals surface area contributed by atoms with E-state index >= 15 is 0 Å². The van der Waals surface area contributed by atoms with Crippen LogP contribution in [0, 0.1) is 5.82 Å². The summed E-state index contributed by atoms with van der Waals surface area (Å²) in [5, 5.41) is 8.60.